The number of benzene rings is 2. The van der Waals surface area contributed by atoms with Crippen molar-refractivity contribution in [1.29, 1.82) is 0 Å². The number of oxime groups is 1. The monoisotopic (exact) mass is 671 g/mol. The zero-order chi connectivity index (χ0) is 33.3. The molecule has 46 heavy (non-hydrogen) atoms. The van der Waals surface area contributed by atoms with Gasteiger partial charge < -0.3 is 15.1 Å². The Labute approximate surface area is 267 Å². The maximum Gasteiger partial charge on any atom is 0.453 e. The van der Waals surface area contributed by atoms with E-state index < -0.39 is 40.5 Å². The minimum absolute atomic E-state index is 0.181. The molecule has 3 aliphatic rings. The van der Waals surface area contributed by atoms with Gasteiger partial charge in [0.15, 0.2) is 0 Å². The van der Waals surface area contributed by atoms with E-state index in [-0.39, 0.29) is 35.2 Å². The first kappa shape index (κ1) is 34.4. The van der Waals surface area contributed by atoms with Gasteiger partial charge in [0.25, 0.3) is 0 Å². The Bertz CT molecular complexity index is 1510. The number of alkyl halides is 5. The molecule has 0 heterocycles. The van der Waals surface area contributed by atoms with Crippen LogP contribution in [0.1, 0.15) is 93.2 Å². The van der Waals surface area contributed by atoms with E-state index >= 15 is 0 Å². The number of sulfone groups is 1. The lowest BCUT2D eigenvalue weighted by atomic mass is 9.51. The number of ether oxygens (including phenoxy) is 1. The molecule has 5 atom stereocenters. The Morgan fingerprint density at radius 2 is 1.67 bits per heavy atom. The molecule has 2 saturated carbocycles. The van der Waals surface area contributed by atoms with Crippen molar-refractivity contribution in [1.82, 2.24) is 0 Å². The Morgan fingerprint density at radius 1 is 0.957 bits per heavy atom. The van der Waals surface area contributed by atoms with E-state index in [9.17, 15) is 40.7 Å². The minimum Gasteiger partial charge on any atom is -0.508 e. The van der Waals surface area contributed by atoms with Gasteiger partial charge in [-0.3, -0.25) is 0 Å². The van der Waals surface area contributed by atoms with Gasteiger partial charge in [-0.2, -0.15) is 22.0 Å². The Balaban J connectivity index is 1.16. The second-order valence-electron chi connectivity index (χ2n) is 13.5. The van der Waals surface area contributed by atoms with Crippen molar-refractivity contribution in [2.75, 3.05) is 18.1 Å². The van der Waals surface area contributed by atoms with Crippen molar-refractivity contribution in [3.05, 3.63) is 59.2 Å². The lowest BCUT2D eigenvalue weighted by Gasteiger charge is -2.53. The summed E-state index contributed by atoms with van der Waals surface area (Å²) in [6.45, 7) is 2.59. The van der Waals surface area contributed by atoms with Gasteiger partial charge in [-0.25, -0.2) is 8.42 Å². The van der Waals surface area contributed by atoms with Gasteiger partial charge in [-0.15, -0.1) is 0 Å². The van der Waals surface area contributed by atoms with Crippen LogP contribution in [0.25, 0.3) is 0 Å². The fourth-order valence-corrected chi connectivity index (χ4v) is 9.76. The highest BCUT2D eigenvalue weighted by Gasteiger charge is 2.58. The predicted molar refractivity (Wildman–Crippen MR) is 165 cm³/mol. The van der Waals surface area contributed by atoms with Gasteiger partial charge in [-0.05, 0) is 122 Å². The van der Waals surface area contributed by atoms with Crippen LogP contribution in [0.15, 0.2) is 47.6 Å². The van der Waals surface area contributed by atoms with Crippen LogP contribution >= 0.6 is 0 Å². The molecule has 0 bridgehead atoms. The number of fused-ring (bicyclic) bond motifs is 5. The van der Waals surface area contributed by atoms with Crippen molar-refractivity contribution in [2.24, 2.45) is 22.4 Å². The van der Waals surface area contributed by atoms with E-state index in [1.807, 2.05) is 18.2 Å². The zero-order valence-corrected chi connectivity index (χ0v) is 26.7. The summed E-state index contributed by atoms with van der Waals surface area (Å²) in [6.07, 6.45) is -2.04. The fourth-order valence-electron chi connectivity index (χ4n) is 8.33. The normalized spacial score (nSPS) is 27.2. The average Bonchev–Trinajstić information content (AvgIpc) is 3.33. The van der Waals surface area contributed by atoms with Crippen LogP contribution in [0.4, 0.5) is 22.0 Å². The van der Waals surface area contributed by atoms with Crippen molar-refractivity contribution >= 4 is 15.5 Å². The third-order valence-corrected chi connectivity index (χ3v) is 12.4. The summed E-state index contributed by atoms with van der Waals surface area (Å²) < 4.78 is 92.9. The van der Waals surface area contributed by atoms with Crippen molar-refractivity contribution < 1.29 is 45.4 Å². The van der Waals surface area contributed by atoms with Gasteiger partial charge in [0.05, 0.1) is 23.8 Å². The summed E-state index contributed by atoms with van der Waals surface area (Å²) in [5, 5.41) is 23.8. The number of nitrogens with zero attached hydrogens (tertiary/aromatic N) is 1. The maximum atomic E-state index is 13.0. The molecule has 3 aliphatic carbocycles. The molecule has 0 amide bonds. The van der Waals surface area contributed by atoms with Gasteiger partial charge in [0.1, 0.15) is 21.3 Å². The summed E-state index contributed by atoms with van der Waals surface area (Å²) in [4.78, 5) is 0. The molecule has 254 valence electrons. The SMILES string of the molecule is C[C@]12C[C@H](c3ccc(OCCCCCS(=O)(=O)CCCC(F)(F)C(F)(F)F)cc3)[C@@H]3c4ccc(O)cc4CC[C@H]3[C@@H]1CCC2=NO. The fraction of sp³-hybridized carbons (Fsp3) is 0.618. The molecular formula is C34H42F5NO5S. The van der Waals surface area contributed by atoms with Crippen LogP contribution in [-0.4, -0.2) is 54.7 Å². The molecular weight excluding hydrogens is 629 g/mol. The van der Waals surface area contributed by atoms with Crippen molar-refractivity contribution in [2.45, 2.75) is 95.1 Å². The zero-order valence-electron chi connectivity index (χ0n) is 25.9. The van der Waals surface area contributed by atoms with Gasteiger partial charge in [0.2, 0.25) is 0 Å². The molecule has 0 unspecified atom stereocenters. The molecule has 2 N–H and O–H groups in total. The van der Waals surface area contributed by atoms with Crippen LogP contribution in [0.5, 0.6) is 11.5 Å². The third-order valence-electron chi connectivity index (χ3n) is 10.6. The summed E-state index contributed by atoms with van der Waals surface area (Å²) >= 11 is 0. The summed E-state index contributed by atoms with van der Waals surface area (Å²) in [7, 11) is -3.72. The highest BCUT2D eigenvalue weighted by Crippen LogP contribution is 2.64. The van der Waals surface area contributed by atoms with Gasteiger partial charge >= 0.3 is 12.1 Å². The lowest BCUT2D eigenvalue weighted by molar-refractivity contribution is -0.284. The summed E-state index contributed by atoms with van der Waals surface area (Å²) in [5.41, 5.74) is 4.35. The first-order valence-corrected chi connectivity index (χ1v) is 17.9. The number of unbranched alkanes of at least 4 members (excludes halogenated alkanes) is 2. The summed E-state index contributed by atoms with van der Waals surface area (Å²) in [5.74, 6) is -3.59. The molecule has 12 heteroatoms. The van der Waals surface area contributed by atoms with E-state index in [2.05, 4.69) is 30.3 Å². The first-order chi connectivity index (χ1) is 21.6. The van der Waals surface area contributed by atoms with Crippen molar-refractivity contribution in [3.63, 3.8) is 0 Å². The van der Waals surface area contributed by atoms with Crippen LogP contribution in [0, 0.1) is 17.3 Å². The van der Waals surface area contributed by atoms with Crippen LogP contribution in [-0.2, 0) is 16.3 Å². The number of phenolic OH excluding ortho intramolecular Hbond substituents is 1. The molecule has 6 nitrogen and oxygen atoms in total. The highest BCUT2D eigenvalue weighted by atomic mass is 32.2. The van der Waals surface area contributed by atoms with Crippen LogP contribution in [0.2, 0.25) is 0 Å². The van der Waals surface area contributed by atoms with E-state index in [0.29, 0.717) is 37.0 Å². The number of hydrogen-bond acceptors (Lipinski definition) is 6. The predicted octanol–water partition coefficient (Wildman–Crippen LogP) is 8.41. The van der Waals surface area contributed by atoms with E-state index in [4.69, 9.17) is 4.74 Å². The largest absolute Gasteiger partial charge is 0.508 e. The van der Waals surface area contributed by atoms with Crippen molar-refractivity contribution in [3.8, 4) is 11.5 Å². The quantitative estimate of drug-likeness (QED) is 0.102. The highest BCUT2D eigenvalue weighted by molar-refractivity contribution is 7.91. The second-order valence-corrected chi connectivity index (χ2v) is 15.8. The Hall–Kier alpha value is -2.89. The third kappa shape index (κ3) is 7.16. The van der Waals surface area contributed by atoms with Crippen LogP contribution in [0.3, 0.4) is 0 Å². The molecule has 0 saturated heterocycles. The van der Waals surface area contributed by atoms with Crippen LogP contribution < -0.4 is 4.74 Å². The van der Waals surface area contributed by atoms with E-state index in [1.54, 1.807) is 6.07 Å². The minimum atomic E-state index is -5.68. The Morgan fingerprint density at radius 3 is 2.37 bits per heavy atom. The first-order valence-electron chi connectivity index (χ1n) is 16.1. The second kappa shape index (κ2) is 13.3. The molecule has 5 rings (SSSR count). The molecule has 2 aromatic carbocycles. The lowest BCUT2D eigenvalue weighted by Crippen LogP contribution is -2.46. The molecule has 0 radical (unpaired) electrons. The summed E-state index contributed by atoms with van der Waals surface area (Å²) in [6, 6.07) is 13.7. The van der Waals surface area contributed by atoms with E-state index in [0.717, 1.165) is 37.8 Å². The molecule has 0 aromatic heterocycles. The molecule has 2 fully saturated rings. The van der Waals surface area contributed by atoms with E-state index in [1.165, 1.54) is 16.7 Å². The topological polar surface area (TPSA) is 96.2 Å². The maximum absolute atomic E-state index is 13.0. The van der Waals surface area contributed by atoms with Gasteiger partial charge in [0, 0.05) is 11.8 Å². The number of hydrogen-bond donors (Lipinski definition) is 2. The number of rotatable bonds is 12. The average molecular weight is 672 g/mol. The molecule has 0 spiro atoms. The van der Waals surface area contributed by atoms with Gasteiger partial charge in [-0.1, -0.05) is 30.3 Å². The smallest absolute Gasteiger partial charge is 0.453 e. The number of phenols is 1. The number of aromatic hydroxyl groups is 1. The number of halogens is 5. The standard InChI is InChI=1S/C34H42F5NO5S/c1-32-21-28(31-26-13-9-24(41)20-23(26)8-12-27(31)29(32)14-15-30(32)40-42)22-6-10-25(11-7-22)45-17-3-2-4-18-46(43,44)19-5-16-33(35,36)34(37,38)39/h6-7,9-11,13,20,27-29,31,41-42H,2-5,8,12,14-19,21H2,1H3/t27-,28+,29-,31+,32-/m0/s1. The Kier molecular flexibility index (Phi) is 9.97. The molecule has 2 aromatic rings. The number of aryl methyl sites for hydroxylation is 1. The molecule has 0 aliphatic heterocycles.